The third-order valence-electron chi connectivity index (χ3n) is 4.70. The highest BCUT2D eigenvalue weighted by molar-refractivity contribution is 6.73. The molecule has 1 aliphatic rings. The number of rotatable bonds is 6. The van der Waals surface area contributed by atoms with Crippen LogP contribution in [-0.4, -0.2) is 54.4 Å². The summed E-state index contributed by atoms with van der Waals surface area (Å²) in [4.78, 5) is 0. The smallest absolute Gasteiger partial charge is 0.290 e. The van der Waals surface area contributed by atoms with Gasteiger partial charge in [-0.25, -0.2) is 0 Å². The average Bonchev–Trinajstić information content (AvgIpc) is 2.44. The predicted molar refractivity (Wildman–Crippen MR) is 87.9 cm³/mol. The summed E-state index contributed by atoms with van der Waals surface area (Å²) in [6.45, 7) is 16.5. The fourth-order valence-corrected chi connectivity index (χ4v) is 2.51. The summed E-state index contributed by atoms with van der Waals surface area (Å²) in [6, 6.07) is 1.73. The number of nitrogens with zero attached hydrogens (tertiary/aromatic N) is 3. The van der Waals surface area contributed by atoms with E-state index < -0.39 is 0 Å². The molecule has 0 aromatic carbocycles. The maximum Gasteiger partial charge on any atom is 0.290 e. The fraction of sp³-hybridized carbons (Fsp3) is 1.00. The van der Waals surface area contributed by atoms with Crippen molar-refractivity contribution in [2.75, 3.05) is 0 Å². The van der Waals surface area contributed by atoms with Crippen molar-refractivity contribution in [3.8, 4) is 0 Å². The van der Waals surface area contributed by atoms with Crippen LogP contribution in [0.5, 0.6) is 0 Å². The van der Waals surface area contributed by atoms with Crippen molar-refractivity contribution in [2.45, 2.75) is 85.8 Å². The van der Waals surface area contributed by atoms with Crippen LogP contribution in [0, 0.1) is 0 Å². The highest BCUT2D eigenvalue weighted by Gasteiger charge is 2.39. The zero-order chi connectivity index (χ0) is 14.6. The number of hydrogen-bond acceptors (Lipinski definition) is 3. The van der Waals surface area contributed by atoms with Crippen LogP contribution in [0.2, 0.25) is 6.82 Å². The summed E-state index contributed by atoms with van der Waals surface area (Å²) in [5.41, 5.74) is 0. The molecule has 2 radical (unpaired) electrons. The standard InChI is InChI=1S/C13H30B3N3/c1-8-11(4)17-14-18(12(5)9-2)16(7)19(15-17)13(6)10-3/h11-13H,8-10H2,1-7H3. The summed E-state index contributed by atoms with van der Waals surface area (Å²) in [7, 11) is 4.65. The van der Waals surface area contributed by atoms with Gasteiger partial charge in [-0.05, 0) is 37.4 Å². The lowest BCUT2D eigenvalue weighted by molar-refractivity contribution is 0.338. The van der Waals surface area contributed by atoms with E-state index in [1.54, 1.807) is 0 Å². The molecule has 1 heterocycles. The van der Waals surface area contributed by atoms with E-state index in [-0.39, 0.29) is 0 Å². The van der Waals surface area contributed by atoms with E-state index >= 15 is 0 Å². The van der Waals surface area contributed by atoms with Crippen LogP contribution in [0.25, 0.3) is 0 Å². The molecule has 0 saturated carbocycles. The first-order valence-corrected chi connectivity index (χ1v) is 7.98. The second-order valence-corrected chi connectivity index (χ2v) is 5.98. The molecule has 6 heteroatoms. The van der Waals surface area contributed by atoms with Gasteiger partial charge in [0.1, 0.15) is 0 Å². The maximum absolute atomic E-state index is 2.51. The van der Waals surface area contributed by atoms with E-state index in [0.717, 1.165) is 0 Å². The Kier molecular flexibility index (Phi) is 6.99. The SMILES string of the molecule is CCC(C)N1[B]N(C(C)CC)B(C)N(C(C)CC)[B]1. The van der Waals surface area contributed by atoms with Crippen LogP contribution in [0.1, 0.15) is 60.8 Å². The predicted octanol–water partition coefficient (Wildman–Crippen LogP) is 2.49. The molecule has 0 aromatic heterocycles. The van der Waals surface area contributed by atoms with Gasteiger partial charge in [0, 0.05) is 0 Å². The van der Waals surface area contributed by atoms with Crippen LogP contribution in [0.4, 0.5) is 0 Å². The Bertz CT molecular complexity index is 248. The normalized spacial score (nSPS) is 23.6. The molecule has 3 unspecified atom stereocenters. The Balaban J connectivity index is 2.87. The Hall–Kier alpha value is 0.0748. The molecule has 1 aliphatic heterocycles. The third kappa shape index (κ3) is 4.02. The van der Waals surface area contributed by atoms with E-state index in [9.17, 15) is 0 Å². The molecule has 0 spiro atoms. The first-order valence-electron chi connectivity index (χ1n) is 7.98. The third-order valence-corrected chi connectivity index (χ3v) is 4.70. The lowest BCUT2D eigenvalue weighted by Gasteiger charge is -2.50. The van der Waals surface area contributed by atoms with Gasteiger partial charge in [-0.3, -0.25) is 0 Å². The Labute approximate surface area is 122 Å². The van der Waals surface area contributed by atoms with E-state index in [2.05, 4.69) is 77.6 Å². The van der Waals surface area contributed by atoms with Crippen molar-refractivity contribution in [2.24, 2.45) is 0 Å². The monoisotopic (exact) mass is 261 g/mol. The Morgan fingerprint density at radius 1 is 0.789 bits per heavy atom. The van der Waals surface area contributed by atoms with Gasteiger partial charge >= 0.3 is 0 Å². The van der Waals surface area contributed by atoms with Crippen molar-refractivity contribution in [1.29, 1.82) is 0 Å². The molecule has 1 rings (SSSR count). The maximum atomic E-state index is 2.51. The fourth-order valence-electron chi connectivity index (χ4n) is 2.51. The topological polar surface area (TPSA) is 9.72 Å². The molecule has 1 fully saturated rings. The van der Waals surface area contributed by atoms with Crippen LogP contribution < -0.4 is 0 Å². The molecule has 19 heavy (non-hydrogen) atoms. The molecule has 1 saturated heterocycles. The number of hydrogen-bond donors (Lipinski definition) is 0. The zero-order valence-corrected chi connectivity index (χ0v) is 13.9. The van der Waals surface area contributed by atoms with Gasteiger partial charge in [0.05, 0.1) is 0 Å². The van der Waals surface area contributed by atoms with Gasteiger partial charge in [0.2, 0.25) is 0 Å². The van der Waals surface area contributed by atoms with Gasteiger partial charge in [0.25, 0.3) is 22.1 Å². The molecule has 0 aliphatic carbocycles. The summed E-state index contributed by atoms with van der Waals surface area (Å²) < 4.78 is 7.41. The van der Waals surface area contributed by atoms with Gasteiger partial charge in [0.15, 0.2) is 0 Å². The van der Waals surface area contributed by atoms with Crippen molar-refractivity contribution < 1.29 is 0 Å². The van der Waals surface area contributed by atoms with E-state index in [1.165, 1.54) is 19.3 Å². The molecule has 3 nitrogen and oxygen atoms in total. The van der Waals surface area contributed by atoms with Gasteiger partial charge in [-0.2, -0.15) is 0 Å². The summed E-state index contributed by atoms with van der Waals surface area (Å²) >= 11 is 0. The molecule has 0 N–H and O–H groups in total. The van der Waals surface area contributed by atoms with Crippen molar-refractivity contribution in [1.82, 2.24) is 14.2 Å². The van der Waals surface area contributed by atoms with Crippen LogP contribution in [0.15, 0.2) is 0 Å². The van der Waals surface area contributed by atoms with Gasteiger partial charge in [-0.15, -0.1) is 0 Å². The molecule has 0 bridgehead atoms. The first-order chi connectivity index (χ1) is 8.96. The van der Waals surface area contributed by atoms with Crippen molar-refractivity contribution >= 4 is 22.1 Å². The zero-order valence-electron chi connectivity index (χ0n) is 13.9. The second-order valence-electron chi connectivity index (χ2n) is 5.98. The summed E-state index contributed by atoms with van der Waals surface area (Å²) in [5.74, 6) is 0. The van der Waals surface area contributed by atoms with Crippen LogP contribution in [0.3, 0.4) is 0 Å². The van der Waals surface area contributed by atoms with Gasteiger partial charge < -0.3 is 14.2 Å². The van der Waals surface area contributed by atoms with Crippen molar-refractivity contribution in [3.05, 3.63) is 0 Å². The van der Waals surface area contributed by atoms with Crippen LogP contribution in [-0.2, 0) is 0 Å². The highest BCUT2D eigenvalue weighted by atomic mass is 15.3. The second kappa shape index (κ2) is 7.75. The van der Waals surface area contributed by atoms with Gasteiger partial charge in [-0.1, -0.05) is 48.4 Å². The molecule has 0 amide bonds. The molecule has 106 valence electrons. The summed E-state index contributed by atoms with van der Waals surface area (Å²) in [6.07, 6.45) is 3.54. The highest BCUT2D eigenvalue weighted by Crippen LogP contribution is 2.19. The molecule has 0 aromatic rings. The van der Waals surface area contributed by atoms with E-state index in [4.69, 9.17) is 0 Å². The minimum Gasteiger partial charge on any atom is -0.362 e. The Morgan fingerprint density at radius 3 is 1.47 bits per heavy atom. The summed E-state index contributed by atoms with van der Waals surface area (Å²) in [5, 5.41) is 0. The molecule has 3 atom stereocenters. The van der Waals surface area contributed by atoms with Crippen LogP contribution >= 0.6 is 0 Å². The lowest BCUT2D eigenvalue weighted by Crippen LogP contribution is -2.71. The van der Waals surface area contributed by atoms with Crippen molar-refractivity contribution in [3.63, 3.8) is 0 Å². The Morgan fingerprint density at radius 2 is 1.16 bits per heavy atom. The molecular formula is C13H30B3N3. The largest absolute Gasteiger partial charge is 0.362 e. The average molecular weight is 261 g/mol. The quantitative estimate of drug-likeness (QED) is 0.680. The first kappa shape index (κ1) is 17.1. The van der Waals surface area contributed by atoms with E-state index in [1.807, 2.05) is 0 Å². The lowest BCUT2D eigenvalue weighted by atomic mass is 9.57. The minimum absolute atomic E-state index is 0.449. The minimum atomic E-state index is 0.449. The van der Waals surface area contributed by atoms with E-state index in [0.29, 0.717) is 25.1 Å². The molecular weight excluding hydrogens is 231 g/mol.